The molecule has 26 heavy (non-hydrogen) atoms. The number of amides is 3. The van der Waals surface area contributed by atoms with E-state index in [1.807, 2.05) is 12.1 Å². The third-order valence-corrected chi connectivity index (χ3v) is 6.20. The zero-order chi connectivity index (χ0) is 18.1. The summed E-state index contributed by atoms with van der Waals surface area (Å²) in [6, 6.07) is 8.29. The fourth-order valence-electron chi connectivity index (χ4n) is 4.84. The number of hydrogen-bond donors (Lipinski definition) is 1. The van der Waals surface area contributed by atoms with Gasteiger partial charge in [0.1, 0.15) is 0 Å². The molecule has 5 heteroatoms. The van der Waals surface area contributed by atoms with Gasteiger partial charge in [-0.1, -0.05) is 37.1 Å². The fourth-order valence-corrected chi connectivity index (χ4v) is 4.84. The zero-order valence-corrected chi connectivity index (χ0v) is 15.1. The minimum atomic E-state index is -0.135. The lowest BCUT2D eigenvalue weighted by Gasteiger charge is -2.26. The van der Waals surface area contributed by atoms with Gasteiger partial charge >= 0.3 is 0 Å². The highest BCUT2D eigenvalue weighted by atomic mass is 16.2. The maximum absolute atomic E-state index is 12.5. The summed E-state index contributed by atoms with van der Waals surface area (Å²) in [5, 5.41) is 3.10. The molecular weight excluding hydrogens is 328 g/mol. The number of rotatable bonds is 4. The van der Waals surface area contributed by atoms with Crippen LogP contribution in [-0.2, 0) is 20.8 Å². The molecule has 4 rings (SSSR count). The number of aryl methyl sites for hydroxylation is 1. The molecule has 0 unspecified atom stereocenters. The van der Waals surface area contributed by atoms with Crippen molar-refractivity contribution >= 4 is 17.7 Å². The van der Waals surface area contributed by atoms with Crippen molar-refractivity contribution in [3.63, 3.8) is 0 Å². The summed E-state index contributed by atoms with van der Waals surface area (Å²) in [5.41, 5.74) is 2.50. The Labute approximate surface area is 154 Å². The minimum absolute atomic E-state index is 0.0417. The van der Waals surface area contributed by atoms with Gasteiger partial charge < -0.3 is 5.32 Å². The summed E-state index contributed by atoms with van der Waals surface area (Å²) in [4.78, 5) is 38.8. The monoisotopic (exact) mass is 354 g/mol. The van der Waals surface area contributed by atoms with Crippen LogP contribution in [0.4, 0.5) is 0 Å². The first-order valence-corrected chi connectivity index (χ1v) is 9.87. The molecule has 3 amide bonds. The summed E-state index contributed by atoms with van der Waals surface area (Å²) >= 11 is 0. The van der Waals surface area contributed by atoms with E-state index in [1.165, 1.54) is 16.0 Å². The normalized spacial score (nSPS) is 27.8. The zero-order valence-electron chi connectivity index (χ0n) is 15.1. The molecule has 1 aromatic carbocycles. The van der Waals surface area contributed by atoms with Crippen LogP contribution in [0.3, 0.4) is 0 Å². The van der Waals surface area contributed by atoms with Gasteiger partial charge in [0.05, 0.1) is 17.9 Å². The molecule has 1 saturated carbocycles. The maximum Gasteiger partial charge on any atom is 0.233 e. The van der Waals surface area contributed by atoms with Crippen LogP contribution in [0.15, 0.2) is 24.3 Å². The molecule has 3 atom stereocenters. The average molecular weight is 354 g/mol. The van der Waals surface area contributed by atoms with Crippen LogP contribution in [0.2, 0.25) is 0 Å². The number of benzene rings is 1. The minimum Gasteiger partial charge on any atom is -0.349 e. The van der Waals surface area contributed by atoms with Crippen LogP contribution in [0, 0.1) is 11.8 Å². The van der Waals surface area contributed by atoms with Crippen molar-refractivity contribution in [2.24, 2.45) is 11.8 Å². The fraction of sp³-hybridized carbons (Fsp3) is 0.571. The molecule has 2 aliphatic carbocycles. The summed E-state index contributed by atoms with van der Waals surface area (Å²) in [5.74, 6) is -0.470. The Morgan fingerprint density at radius 3 is 2.42 bits per heavy atom. The topological polar surface area (TPSA) is 66.5 Å². The Kier molecular flexibility index (Phi) is 4.79. The standard InChI is InChI=1S/C21H26N2O3/c24-19(22-18-11-5-7-14-6-1-2-8-15(14)18)12-13-23-20(25)16-9-3-4-10-17(16)21(23)26/h1-2,6,8,16-18H,3-5,7,9-13H2,(H,22,24)/t16-,17-,18-/m1/s1. The molecule has 0 aromatic heterocycles. The second-order valence-corrected chi connectivity index (χ2v) is 7.79. The van der Waals surface area contributed by atoms with E-state index >= 15 is 0 Å². The Morgan fingerprint density at radius 1 is 1.00 bits per heavy atom. The molecule has 0 radical (unpaired) electrons. The van der Waals surface area contributed by atoms with Crippen molar-refractivity contribution < 1.29 is 14.4 Å². The number of nitrogens with zero attached hydrogens (tertiary/aromatic N) is 1. The molecular formula is C21H26N2O3. The lowest BCUT2D eigenvalue weighted by Crippen LogP contribution is -2.37. The summed E-state index contributed by atoms with van der Waals surface area (Å²) in [6.07, 6.45) is 6.93. The van der Waals surface area contributed by atoms with E-state index in [0.29, 0.717) is 0 Å². The summed E-state index contributed by atoms with van der Waals surface area (Å²) in [7, 11) is 0. The SMILES string of the molecule is O=C(CCN1C(=O)[C@@H]2CCCC[C@H]2C1=O)N[C@@H]1CCCc2ccccc21. The van der Waals surface area contributed by atoms with Gasteiger partial charge in [-0.2, -0.15) is 0 Å². The molecule has 3 aliphatic rings. The first-order valence-electron chi connectivity index (χ1n) is 9.87. The lowest BCUT2D eigenvalue weighted by molar-refractivity contribution is -0.140. The lowest BCUT2D eigenvalue weighted by atomic mass is 9.81. The predicted octanol–water partition coefficient (Wildman–Crippen LogP) is 2.75. The first kappa shape index (κ1) is 17.3. The predicted molar refractivity (Wildman–Crippen MR) is 97.0 cm³/mol. The smallest absolute Gasteiger partial charge is 0.233 e. The highest BCUT2D eigenvalue weighted by Crippen LogP contribution is 2.38. The maximum atomic E-state index is 12.5. The van der Waals surface area contributed by atoms with Crippen molar-refractivity contribution in [3.8, 4) is 0 Å². The molecule has 0 spiro atoms. The van der Waals surface area contributed by atoms with Crippen molar-refractivity contribution in [3.05, 3.63) is 35.4 Å². The number of imide groups is 1. The largest absolute Gasteiger partial charge is 0.349 e. The van der Waals surface area contributed by atoms with Crippen molar-refractivity contribution in [1.29, 1.82) is 0 Å². The van der Waals surface area contributed by atoms with Crippen LogP contribution in [0.1, 0.15) is 62.1 Å². The van der Waals surface area contributed by atoms with Crippen LogP contribution < -0.4 is 5.32 Å². The Balaban J connectivity index is 1.35. The molecule has 5 nitrogen and oxygen atoms in total. The molecule has 1 heterocycles. The van der Waals surface area contributed by atoms with Gasteiger partial charge in [-0.15, -0.1) is 0 Å². The number of hydrogen-bond acceptors (Lipinski definition) is 3. The molecule has 138 valence electrons. The summed E-state index contributed by atoms with van der Waals surface area (Å²) < 4.78 is 0. The summed E-state index contributed by atoms with van der Waals surface area (Å²) in [6.45, 7) is 0.213. The molecule has 1 aliphatic heterocycles. The quantitative estimate of drug-likeness (QED) is 0.846. The van der Waals surface area contributed by atoms with Gasteiger partial charge in [-0.25, -0.2) is 0 Å². The Hall–Kier alpha value is -2.17. The van der Waals surface area contributed by atoms with E-state index in [2.05, 4.69) is 17.4 Å². The average Bonchev–Trinajstić information content (AvgIpc) is 2.91. The molecule has 0 bridgehead atoms. The number of fused-ring (bicyclic) bond motifs is 2. The van der Waals surface area contributed by atoms with Gasteiger partial charge in [0, 0.05) is 13.0 Å². The van der Waals surface area contributed by atoms with Crippen molar-refractivity contribution in [2.45, 2.75) is 57.4 Å². The van der Waals surface area contributed by atoms with Gasteiger partial charge in [0.25, 0.3) is 0 Å². The number of likely N-dealkylation sites (tertiary alicyclic amines) is 1. The first-order chi connectivity index (χ1) is 12.6. The van der Waals surface area contributed by atoms with E-state index < -0.39 is 0 Å². The highest BCUT2D eigenvalue weighted by Gasteiger charge is 2.47. The molecule has 2 fully saturated rings. The number of carbonyl (C=O) groups is 3. The van der Waals surface area contributed by atoms with Crippen LogP contribution >= 0.6 is 0 Å². The van der Waals surface area contributed by atoms with Gasteiger partial charge in [-0.3, -0.25) is 19.3 Å². The number of carbonyl (C=O) groups excluding carboxylic acids is 3. The Bertz CT molecular complexity index is 706. The molecule has 1 N–H and O–H groups in total. The third-order valence-electron chi connectivity index (χ3n) is 6.20. The van der Waals surface area contributed by atoms with E-state index in [1.54, 1.807) is 0 Å². The van der Waals surface area contributed by atoms with Crippen molar-refractivity contribution in [2.75, 3.05) is 6.54 Å². The van der Waals surface area contributed by atoms with Gasteiger partial charge in [0.15, 0.2) is 0 Å². The van der Waals surface area contributed by atoms with E-state index in [9.17, 15) is 14.4 Å². The second kappa shape index (κ2) is 7.22. The van der Waals surface area contributed by atoms with Gasteiger partial charge in [-0.05, 0) is 43.2 Å². The van der Waals surface area contributed by atoms with E-state index in [-0.39, 0.29) is 48.6 Å². The highest BCUT2D eigenvalue weighted by molar-refractivity contribution is 6.05. The van der Waals surface area contributed by atoms with Crippen molar-refractivity contribution in [1.82, 2.24) is 10.2 Å². The van der Waals surface area contributed by atoms with Crippen LogP contribution in [0.5, 0.6) is 0 Å². The second-order valence-electron chi connectivity index (χ2n) is 7.79. The van der Waals surface area contributed by atoms with E-state index in [4.69, 9.17) is 0 Å². The van der Waals surface area contributed by atoms with Gasteiger partial charge in [0.2, 0.25) is 17.7 Å². The van der Waals surface area contributed by atoms with Crippen LogP contribution in [0.25, 0.3) is 0 Å². The third kappa shape index (κ3) is 3.15. The van der Waals surface area contributed by atoms with Crippen LogP contribution in [-0.4, -0.2) is 29.2 Å². The van der Waals surface area contributed by atoms with E-state index in [0.717, 1.165) is 44.9 Å². The number of nitrogens with one attached hydrogen (secondary N) is 1. The molecule has 1 saturated heterocycles. The molecule has 1 aromatic rings. The Morgan fingerprint density at radius 2 is 1.69 bits per heavy atom.